The van der Waals surface area contributed by atoms with Gasteiger partial charge in [0.05, 0.1) is 11.6 Å². The number of fused-ring (bicyclic) bond motifs is 2. The van der Waals surface area contributed by atoms with Crippen molar-refractivity contribution in [3.63, 3.8) is 0 Å². The second-order valence-corrected chi connectivity index (χ2v) is 6.37. The van der Waals surface area contributed by atoms with Crippen molar-refractivity contribution in [3.8, 4) is 0 Å². The molecule has 1 aliphatic carbocycles. The van der Waals surface area contributed by atoms with Crippen LogP contribution in [0, 0.1) is 5.92 Å². The number of aryl methyl sites for hydroxylation is 1. The van der Waals surface area contributed by atoms with E-state index in [1.807, 2.05) is 11.4 Å². The van der Waals surface area contributed by atoms with Crippen molar-refractivity contribution in [1.29, 1.82) is 0 Å². The lowest BCUT2D eigenvalue weighted by Crippen LogP contribution is -2.44. The topological polar surface area (TPSA) is 75.4 Å². The highest BCUT2D eigenvalue weighted by molar-refractivity contribution is 5.79. The van der Waals surface area contributed by atoms with E-state index in [0.29, 0.717) is 12.3 Å². The lowest BCUT2D eigenvalue weighted by molar-refractivity contribution is -0.125. The van der Waals surface area contributed by atoms with Crippen molar-refractivity contribution in [3.05, 3.63) is 17.6 Å². The molecule has 0 unspecified atom stereocenters. The summed E-state index contributed by atoms with van der Waals surface area (Å²) >= 11 is 0. The number of piperidine rings is 1. The van der Waals surface area contributed by atoms with Crippen molar-refractivity contribution < 1.29 is 4.79 Å². The molecule has 0 radical (unpaired) electrons. The molecule has 2 aliphatic rings. The number of carbonyl (C=O) groups is 1. The summed E-state index contributed by atoms with van der Waals surface area (Å²) in [6.45, 7) is 4.36. The molecule has 3 heterocycles. The van der Waals surface area contributed by atoms with Gasteiger partial charge < -0.3 is 10.2 Å². The Kier molecular flexibility index (Phi) is 3.63. The molecule has 1 amide bonds. The molecule has 0 bridgehead atoms. The highest BCUT2D eigenvalue weighted by Gasteiger charge is 2.30. The summed E-state index contributed by atoms with van der Waals surface area (Å²) in [5.41, 5.74) is 2.44. The van der Waals surface area contributed by atoms with E-state index in [0.717, 1.165) is 56.7 Å². The number of aromatic nitrogens is 4. The second kappa shape index (κ2) is 5.79. The zero-order valence-corrected chi connectivity index (χ0v) is 13.5. The average molecular weight is 314 g/mol. The molecular formula is C16H22N6O. The van der Waals surface area contributed by atoms with Gasteiger partial charge in [-0.15, -0.1) is 0 Å². The standard InChI is InChI=1S/C16H22N6O/c1-2-17-14(23)11-5-4-8-21(9-11)15-12-6-3-7-13(12)20-16-18-10-19-22(15)16/h10-11H,2-9H2,1H3,(H,17,23)/t11-/m1/s1. The van der Waals surface area contributed by atoms with Crippen LogP contribution < -0.4 is 10.2 Å². The molecule has 1 atom stereocenters. The van der Waals surface area contributed by atoms with Gasteiger partial charge in [-0.2, -0.15) is 14.6 Å². The van der Waals surface area contributed by atoms with Crippen LogP contribution in [0.25, 0.3) is 5.78 Å². The van der Waals surface area contributed by atoms with Crippen LogP contribution in [0.15, 0.2) is 6.33 Å². The first-order valence-corrected chi connectivity index (χ1v) is 8.52. The number of hydrogen-bond donors (Lipinski definition) is 1. The summed E-state index contributed by atoms with van der Waals surface area (Å²) < 4.78 is 1.85. The average Bonchev–Trinajstić information content (AvgIpc) is 3.21. The number of amides is 1. The molecule has 1 N–H and O–H groups in total. The van der Waals surface area contributed by atoms with Gasteiger partial charge in [0.15, 0.2) is 0 Å². The number of anilines is 1. The van der Waals surface area contributed by atoms with E-state index >= 15 is 0 Å². The van der Waals surface area contributed by atoms with E-state index < -0.39 is 0 Å². The summed E-state index contributed by atoms with van der Waals surface area (Å²) in [5.74, 6) is 1.99. The quantitative estimate of drug-likeness (QED) is 0.913. The van der Waals surface area contributed by atoms with Crippen LogP contribution in [-0.4, -0.2) is 45.1 Å². The summed E-state index contributed by atoms with van der Waals surface area (Å²) in [6, 6.07) is 0. The van der Waals surface area contributed by atoms with Crippen LogP contribution in [0.5, 0.6) is 0 Å². The lowest BCUT2D eigenvalue weighted by Gasteiger charge is -2.34. The highest BCUT2D eigenvalue weighted by atomic mass is 16.1. The van der Waals surface area contributed by atoms with Gasteiger partial charge in [-0.25, -0.2) is 4.98 Å². The Morgan fingerprint density at radius 1 is 1.39 bits per heavy atom. The van der Waals surface area contributed by atoms with Crippen LogP contribution in [0.4, 0.5) is 5.82 Å². The van der Waals surface area contributed by atoms with Gasteiger partial charge in [0.2, 0.25) is 5.91 Å². The molecule has 7 heteroatoms. The molecule has 7 nitrogen and oxygen atoms in total. The van der Waals surface area contributed by atoms with Crippen LogP contribution in [-0.2, 0) is 17.6 Å². The van der Waals surface area contributed by atoms with E-state index in [1.165, 1.54) is 5.56 Å². The third-order valence-electron chi connectivity index (χ3n) is 4.87. The van der Waals surface area contributed by atoms with Gasteiger partial charge in [0.1, 0.15) is 12.1 Å². The minimum Gasteiger partial charge on any atom is -0.356 e. The van der Waals surface area contributed by atoms with E-state index in [2.05, 4.69) is 25.3 Å². The van der Waals surface area contributed by atoms with Crippen LogP contribution in [0.2, 0.25) is 0 Å². The van der Waals surface area contributed by atoms with Gasteiger partial charge in [-0.3, -0.25) is 4.79 Å². The monoisotopic (exact) mass is 314 g/mol. The molecule has 2 aromatic rings. The highest BCUT2D eigenvalue weighted by Crippen LogP contribution is 2.32. The van der Waals surface area contributed by atoms with Crippen molar-refractivity contribution in [2.75, 3.05) is 24.5 Å². The lowest BCUT2D eigenvalue weighted by atomic mass is 9.96. The van der Waals surface area contributed by atoms with Crippen LogP contribution in [0.1, 0.15) is 37.4 Å². The molecule has 1 saturated heterocycles. The molecule has 2 aromatic heterocycles. The maximum Gasteiger partial charge on any atom is 0.254 e. The van der Waals surface area contributed by atoms with Crippen molar-refractivity contribution in [1.82, 2.24) is 24.9 Å². The first kappa shape index (κ1) is 14.4. The Bertz CT molecular complexity index is 739. The molecule has 0 aromatic carbocycles. The Labute approximate surface area is 135 Å². The summed E-state index contributed by atoms with van der Waals surface area (Å²) in [5, 5.41) is 7.34. The number of nitrogens with one attached hydrogen (secondary N) is 1. The van der Waals surface area contributed by atoms with E-state index in [-0.39, 0.29) is 11.8 Å². The zero-order chi connectivity index (χ0) is 15.8. The van der Waals surface area contributed by atoms with Crippen LogP contribution in [0.3, 0.4) is 0 Å². The Balaban J connectivity index is 1.71. The molecule has 0 spiro atoms. The third kappa shape index (κ3) is 2.44. The van der Waals surface area contributed by atoms with E-state index in [4.69, 9.17) is 0 Å². The summed E-state index contributed by atoms with van der Waals surface area (Å²) in [4.78, 5) is 23.5. The van der Waals surface area contributed by atoms with Crippen molar-refractivity contribution in [2.45, 2.75) is 39.0 Å². The third-order valence-corrected chi connectivity index (χ3v) is 4.87. The SMILES string of the molecule is CCNC(=O)[C@@H]1CCCN(c2c3c(nc4ncnn24)CCC3)C1. The Morgan fingerprint density at radius 3 is 3.17 bits per heavy atom. The first-order chi connectivity index (χ1) is 11.3. The number of rotatable bonds is 3. The Morgan fingerprint density at radius 2 is 2.30 bits per heavy atom. The van der Waals surface area contributed by atoms with Gasteiger partial charge >= 0.3 is 0 Å². The fourth-order valence-corrected chi connectivity index (χ4v) is 3.83. The summed E-state index contributed by atoms with van der Waals surface area (Å²) in [7, 11) is 0. The number of nitrogens with zero attached hydrogens (tertiary/aromatic N) is 5. The predicted molar refractivity (Wildman–Crippen MR) is 86.4 cm³/mol. The summed E-state index contributed by atoms with van der Waals surface area (Å²) in [6.07, 6.45) is 6.72. The van der Waals surface area contributed by atoms with Crippen molar-refractivity contribution in [2.24, 2.45) is 5.92 Å². The molecule has 23 heavy (non-hydrogen) atoms. The smallest absolute Gasteiger partial charge is 0.254 e. The maximum atomic E-state index is 12.2. The fraction of sp³-hybridized carbons (Fsp3) is 0.625. The zero-order valence-electron chi connectivity index (χ0n) is 13.5. The number of carbonyl (C=O) groups excluding carboxylic acids is 1. The van der Waals surface area contributed by atoms with Gasteiger partial charge in [0.25, 0.3) is 5.78 Å². The van der Waals surface area contributed by atoms with Crippen molar-refractivity contribution >= 4 is 17.5 Å². The largest absolute Gasteiger partial charge is 0.356 e. The van der Waals surface area contributed by atoms with E-state index in [9.17, 15) is 4.79 Å². The molecular weight excluding hydrogens is 292 g/mol. The fourth-order valence-electron chi connectivity index (χ4n) is 3.83. The molecule has 122 valence electrons. The molecule has 0 saturated carbocycles. The molecule has 4 rings (SSSR count). The number of hydrogen-bond acceptors (Lipinski definition) is 5. The van der Waals surface area contributed by atoms with Gasteiger partial charge in [-0.1, -0.05) is 0 Å². The predicted octanol–water partition coefficient (Wildman–Crippen LogP) is 0.965. The molecule has 1 aliphatic heterocycles. The van der Waals surface area contributed by atoms with Gasteiger partial charge in [0, 0.05) is 25.2 Å². The Hall–Kier alpha value is -2.18. The van der Waals surface area contributed by atoms with Crippen LogP contribution >= 0.6 is 0 Å². The first-order valence-electron chi connectivity index (χ1n) is 8.52. The minimum absolute atomic E-state index is 0.0486. The maximum absolute atomic E-state index is 12.2. The second-order valence-electron chi connectivity index (χ2n) is 6.37. The normalized spacial score (nSPS) is 20.7. The van der Waals surface area contributed by atoms with Gasteiger partial charge in [-0.05, 0) is 39.0 Å². The minimum atomic E-state index is 0.0486. The molecule has 1 fully saturated rings. The van der Waals surface area contributed by atoms with E-state index in [1.54, 1.807) is 6.33 Å².